The summed E-state index contributed by atoms with van der Waals surface area (Å²) in [7, 11) is 2.15. The van der Waals surface area contributed by atoms with Crippen molar-refractivity contribution in [3.8, 4) is 0 Å². The molecule has 0 N–H and O–H groups in total. The molecule has 9 nitrogen and oxygen atoms in total. The van der Waals surface area contributed by atoms with Gasteiger partial charge in [-0.25, -0.2) is 4.79 Å². The number of rotatable bonds is 40. The second kappa shape index (κ2) is 39.4. The van der Waals surface area contributed by atoms with E-state index < -0.39 is 6.16 Å². The molecule has 0 amide bonds. The lowest BCUT2D eigenvalue weighted by molar-refractivity contribution is -0.150. The third kappa shape index (κ3) is 34.3. The van der Waals surface area contributed by atoms with Gasteiger partial charge in [-0.3, -0.25) is 4.79 Å². The maximum Gasteiger partial charge on any atom is 0.508 e. The molecule has 1 aliphatic rings. The van der Waals surface area contributed by atoms with E-state index in [1.807, 2.05) is 0 Å². The van der Waals surface area contributed by atoms with Gasteiger partial charge in [0.1, 0.15) is 6.10 Å². The number of likely N-dealkylation sites (N-methyl/N-ethyl adjacent to an activating group) is 1. The zero-order valence-corrected chi connectivity index (χ0v) is 36.8. The first-order valence-electron chi connectivity index (χ1n) is 23.6. The van der Waals surface area contributed by atoms with Crippen molar-refractivity contribution in [3.05, 3.63) is 0 Å². The molecule has 0 radical (unpaired) electrons. The number of esters is 1. The molecule has 1 aliphatic heterocycles. The lowest BCUT2D eigenvalue weighted by Crippen LogP contribution is -2.44. The predicted octanol–water partition coefficient (Wildman–Crippen LogP) is 12.0. The molecule has 1 atom stereocenters. The molecule has 0 aromatic rings. The van der Waals surface area contributed by atoms with Crippen LogP contribution in [0.25, 0.3) is 0 Å². The van der Waals surface area contributed by atoms with Crippen LogP contribution in [0.5, 0.6) is 0 Å². The Morgan fingerprint density at radius 3 is 1.53 bits per heavy atom. The highest BCUT2D eigenvalue weighted by molar-refractivity contribution is 5.69. The van der Waals surface area contributed by atoms with Crippen LogP contribution in [-0.4, -0.2) is 101 Å². The summed E-state index contributed by atoms with van der Waals surface area (Å²) in [5, 5.41) is 0. The SMILES string of the molecule is CCCCCCCCCCCCC(CCOC(=O)CCCCC(OCCCCCCCC)OCCCCCCCC)OC(=O)OCCCN1CCN(C)CC1. The first kappa shape index (κ1) is 51.6. The van der Waals surface area contributed by atoms with Crippen LogP contribution in [0.2, 0.25) is 0 Å². The minimum Gasteiger partial charge on any atom is -0.466 e. The van der Waals surface area contributed by atoms with E-state index in [2.05, 4.69) is 37.6 Å². The molecular weight excluding hydrogens is 693 g/mol. The van der Waals surface area contributed by atoms with Crippen molar-refractivity contribution in [1.29, 1.82) is 0 Å². The second-order valence-electron chi connectivity index (χ2n) is 16.3. The summed E-state index contributed by atoms with van der Waals surface area (Å²) in [5.74, 6) is -0.193. The molecule has 1 fully saturated rings. The van der Waals surface area contributed by atoms with E-state index >= 15 is 0 Å². The number of piperazine rings is 1. The fourth-order valence-corrected chi connectivity index (χ4v) is 7.17. The number of ether oxygens (including phenoxy) is 5. The van der Waals surface area contributed by atoms with Gasteiger partial charge < -0.3 is 33.5 Å². The van der Waals surface area contributed by atoms with Crippen LogP contribution in [-0.2, 0) is 28.5 Å². The Morgan fingerprint density at radius 1 is 0.491 bits per heavy atom. The van der Waals surface area contributed by atoms with E-state index in [-0.39, 0.29) is 25.0 Å². The monoisotopic (exact) mass is 783 g/mol. The van der Waals surface area contributed by atoms with Crippen molar-refractivity contribution in [2.24, 2.45) is 0 Å². The molecule has 0 aromatic heterocycles. The summed E-state index contributed by atoms with van der Waals surface area (Å²) in [6, 6.07) is 0. The Balaban J connectivity index is 2.40. The van der Waals surface area contributed by atoms with E-state index in [1.165, 1.54) is 116 Å². The highest BCUT2D eigenvalue weighted by Crippen LogP contribution is 2.17. The number of carbonyl (C=O) groups is 2. The second-order valence-corrected chi connectivity index (χ2v) is 16.3. The van der Waals surface area contributed by atoms with Crippen molar-refractivity contribution >= 4 is 12.1 Å². The minimum atomic E-state index is -0.603. The van der Waals surface area contributed by atoms with Gasteiger partial charge in [0.15, 0.2) is 6.29 Å². The molecule has 0 aromatic carbocycles. The summed E-state index contributed by atoms with van der Waals surface area (Å²) in [6.45, 7) is 14.1. The number of hydrogen-bond acceptors (Lipinski definition) is 9. The largest absolute Gasteiger partial charge is 0.508 e. The van der Waals surface area contributed by atoms with Crippen molar-refractivity contribution in [2.75, 3.05) is 66.2 Å². The van der Waals surface area contributed by atoms with Crippen LogP contribution in [0.1, 0.15) is 207 Å². The average molecular weight is 783 g/mol. The fraction of sp³-hybridized carbons (Fsp3) is 0.957. The van der Waals surface area contributed by atoms with Gasteiger partial charge in [0, 0.05) is 58.8 Å². The van der Waals surface area contributed by atoms with Crippen LogP contribution in [0, 0.1) is 0 Å². The maximum absolute atomic E-state index is 12.7. The van der Waals surface area contributed by atoms with Gasteiger partial charge in [-0.1, -0.05) is 143 Å². The first-order chi connectivity index (χ1) is 27.0. The highest BCUT2D eigenvalue weighted by Gasteiger charge is 2.18. The summed E-state index contributed by atoms with van der Waals surface area (Å²) in [6.07, 6.45) is 31.2. The van der Waals surface area contributed by atoms with E-state index in [1.54, 1.807) is 0 Å². The van der Waals surface area contributed by atoms with Crippen LogP contribution in [0.4, 0.5) is 4.79 Å². The van der Waals surface area contributed by atoms with Gasteiger partial charge in [0.2, 0.25) is 0 Å². The average Bonchev–Trinajstić information content (AvgIpc) is 3.18. The number of unbranched alkanes of at least 4 members (excludes halogenated alkanes) is 20. The third-order valence-corrected chi connectivity index (χ3v) is 11.0. The molecule has 55 heavy (non-hydrogen) atoms. The lowest BCUT2D eigenvalue weighted by Gasteiger charge is -2.32. The topological polar surface area (TPSA) is 86.8 Å². The fourth-order valence-electron chi connectivity index (χ4n) is 7.17. The molecule has 1 heterocycles. The van der Waals surface area contributed by atoms with Gasteiger partial charge in [0.25, 0.3) is 0 Å². The molecule has 1 rings (SSSR count). The number of hydrogen-bond donors (Lipinski definition) is 0. The van der Waals surface area contributed by atoms with Crippen LogP contribution in [0.3, 0.4) is 0 Å². The number of nitrogens with zero attached hydrogens (tertiary/aromatic N) is 2. The summed E-state index contributed by atoms with van der Waals surface area (Å²) in [5.41, 5.74) is 0. The summed E-state index contributed by atoms with van der Waals surface area (Å²) >= 11 is 0. The van der Waals surface area contributed by atoms with Crippen molar-refractivity contribution in [3.63, 3.8) is 0 Å². The van der Waals surface area contributed by atoms with Gasteiger partial charge in [-0.05, 0) is 58.4 Å². The van der Waals surface area contributed by atoms with Gasteiger partial charge in [-0.2, -0.15) is 0 Å². The third-order valence-electron chi connectivity index (χ3n) is 11.0. The van der Waals surface area contributed by atoms with Crippen molar-refractivity contribution in [1.82, 2.24) is 9.80 Å². The van der Waals surface area contributed by atoms with E-state index in [0.29, 0.717) is 19.4 Å². The Kier molecular flexibility index (Phi) is 37.0. The zero-order chi connectivity index (χ0) is 39.9. The van der Waals surface area contributed by atoms with Crippen molar-refractivity contribution in [2.45, 2.75) is 219 Å². The molecule has 0 bridgehead atoms. The lowest BCUT2D eigenvalue weighted by atomic mass is 10.0. The Labute approximate surface area is 340 Å². The highest BCUT2D eigenvalue weighted by atomic mass is 16.7. The Bertz CT molecular complexity index is 821. The van der Waals surface area contributed by atoms with Crippen LogP contribution >= 0.6 is 0 Å². The van der Waals surface area contributed by atoms with Crippen LogP contribution in [0.15, 0.2) is 0 Å². The Morgan fingerprint density at radius 2 is 0.982 bits per heavy atom. The smallest absolute Gasteiger partial charge is 0.466 e. The normalized spacial score (nSPS) is 14.4. The molecule has 0 aliphatic carbocycles. The quantitative estimate of drug-likeness (QED) is 0.0342. The molecule has 0 saturated carbocycles. The molecule has 1 unspecified atom stereocenters. The molecule has 0 spiro atoms. The summed E-state index contributed by atoms with van der Waals surface area (Å²) < 4.78 is 29.2. The van der Waals surface area contributed by atoms with E-state index in [4.69, 9.17) is 23.7 Å². The van der Waals surface area contributed by atoms with Gasteiger partial charge >= 0.3 is 12.1 Å². The molecule has 9 heteroatoms. The zero-order valence-electron chi connectivity index (χ0n) is 36.8. The van der Waals surface area contributed by atoms with Gasteiger partial charge in [-0.15, -0.1) is 0 Å². The minimum absolute atomic E-state index is 0.193. The number of carbonyl (C=O) groups excluding carboxylic acids is 2. The van der Waals surface area contributed by atoms with Gasteiger partial charge in [0.05, 0.1) is 13.2 Å². The molecule has 326 valence electrons. The Hall–Kier alpha value is -1.42. The molecule has 1 saturated heterocycles. The summed E-state index contributed by atoms with van der Waals surface area (Å²) in [4.78, 5) is 30.1. The van der Waals surface area contributed by atoms with E-state index in [0.717, 1.165) is 104 Å². The maximum atomic E-state index is 12.7. The first-order valence-corrected chi connectivity index (χ1v) is 23.6. The predicted molar refractivity (Wildman–Crippen MR) is 228 cm³/mol. The molecular formula is C46H90N2O7. The van der Waals surface area contributed by atoms with Crippen LogP contribution < -0.4 is 0 Å². The van der Waals surface area contributed by atoms with E-state index in [9.17, 15) is 9.59 Å². The standard InChI is InChI=1S/C46H90N2O7/c1-5-8-11-14-17-18-19-20-21-24-30-43(55-46(50)54-41-29-34-48-37-35-47(4)36-38-48)33-42-51-44(49)31-25-26-32-45(52-39-27-22-15-12-9-6-2)53-40-28-23-16-13-10-7-3/h43,45H,5-42H2,1-4H3. The van der Waals surface area contributed by atoms with Crippen molar-refractivity contribution < 1.29 is 33.3 Å².